The molecule has 0 radical (unpaired) electrons. The van der Waals surface area contributed by atoms with Crippen LogP contribution in [0, 0.1) is 5.41 Å². The molecule has 1 atom stereocenters. The molecular formula is C23H39F3OSi2. The summed E-state index contributed by atoms with van der Waals surface area (Å²) in [6.45, 7) is 20.9. The van der Waals surface area contributed by atoms with E-state index in [1.807, 2.05) is 39.0 Å². The molecule has 1 nitrogen and oxygen atoms in total. The van der Waals surface area contributed by atoms with Crippen LogP contribution in [-0.4, -0.2) is 28.2 Å². The molecule has 0 fully saturated rings. The van der Waals surface area contributed by atoms with Gasteiger partial charge in [-0.2, -0.15) is 13.2 Å². The molecule has 0 aliphatic rings. The molecule has 0 saturated heterocycles. The van der Waals surface area contributed by atoms with E-state index in [-0.39, 0.29) is 11.8 Å². The van der Waals surface area contributed by atoms with Crippen LogP contribution in [-0.2, 0) is 4.43 Å². The molecule has 0 heterocycles. The predicted molar refractivity (Wildman–Crippen MR) is 125 cm³/mol. The molecule has 0 aliphatic heterocycles. The van der Waals surface area contributed by atoms with Gasteiger partial charge in [0.1, 0.15) is 0 Å². The van der Waals surface area contributed by atoms with Crippen LogP contribution in [0.2, 0.25) is 38.8 Å². The lowest BCUT2D eigenvalue weighted by atomic mass is 9.78. The zero-order chi connectivity index (χ0) is 22.7. The number of hydrogen-bond donors (Lipinski definition) is 0. The first-order valence-corrected chi connectivity index (χ1v) is 17.0. The van der Waals surface area contributed by atoms with E-state index in [4.69, 9.17) is 4.43 Å². The standard InChI is InChI=1S/C23H39F3OSi2/c1-10-19-11-13-20(14-12-19)29(8,9)27-21(2,3)17-22(4,18-28(5,6)7)15-16-23(24,25)26/h10-14H,1,15-18H2,2-9H3. The van der Waals surface area contributed by atoms with E-state index >= 15 is 0 Å². The van der Waals surface area contributed by atoms with E-state index in [0.29, 0.717) is 6.42 Å². The SMILES string of the molecule is C=Cc1ccc([Si](C)(C)OC(C)(C)CC(C)(CCC(F)(F)F)C[Si](C)(C)C)cc1. The van der Waals surface area contributed by atoms with Crippen molar-refractivity contribution in [1.82, 2.24) is 0 Å². The summed E-state index contributed by atoms with van der Waals surface area (Å²) < 4.78 is 45.6. The van der Waals surface area contributed by atoms with Crippen molar-refractivity contribution in [3.8, 4) is 0 Å². The van der Waals surface area contributed by atoms with E-state index in [0.717, 1.165) is 11.6 Å². The molecule has 0 aliphatic carbocycles. The molecule has 166 valence electrons. The zero-order valence-corrected chi connectivity index (χ0v) is 21.5. The summed E-state index contributed by atoms with van der Waals surface area (Å²) >= 11 is 0. The lowest BCUT2D eigenvalue weighted by Crippen LogP contribution is -2.52. The van der Waals surface area contributed by atoms with E-state index in [1.54, 1.807) is 0 Å². The molecule has 1 rings (SSSR count). The third-order valence-corrected chi connectivity index (χ3v) is 9.90. The van der Waals surface area contributed by atoms with Gasteiger partial charge < -0.3 is 4.43 Å². The molecule has 0 spiro atoms. The van der Waals surface area contributed by atoms with Crippen LogP contribution in [0.5, 0.6) is 0 Å². The second-order valence-electron chi connectivity index (χ2n) is 11.0. The van der Waals surface area contributed by atoms with E-state index in [2.05, 4.69) is 51.4 Å². The largest absolute Gasteiger partial charge is 0.408 e. The summed E-state index contributed by atoms with van der Waals surface area (Å²) in [7, 11) is -3.76. The average molecular weight is 445 g/mol. The second kappa shape index (κ2) is 9.10. The Bertz CT molecular complexity index is 673. The topological polar surface area (TPSA) is 9.23 Å². The van der Waals surface area contributed by atoms with Gasteiger partial charge in [0.2, 0.25) is 8.32 Å². The lowest BCUT2D eigenvalue weighted by molar-refractivity contribution is -0.141. The maximum absolute atomic E-state index is 13.0. The molecule has 0 amide bonds. The minimum Gasteiger partial charge on any atom is -0.408 e. The Morgan fingerprint density at radius 3 is 1.86 bits per heavy atom. The Labute approximate surface area is 177 Å². The van der Waals surface area contributed by atoms with Gasteiger partial charge in [-0.25, -0.2) is 0 Å². The smallest absolute Gasteiger partial charge is 0.389 e. The summed E-state index contributed by atoms with van der Waals surface area (Å²) in [4.78, 5) is 0. The number of benzene rings is 1. The Hall–Kier alpha value is -0.856. The fourth-order valence-corrected chi connectivity index (χ4v) is 10.2. The van der Waals surface area contributed by atoms with Crippen molar-refractivity contribution >= 4 is 27.7 Å². The Morgan fingerprint density at radius 2 is 1.45 bits per heavy atom. The Kier molecular flexibility index (Phi) is 8.22. The van der Waals surface area contributed by atoms with Gasteiger partial charge in [-0.1, -0.05) is 69.5 Å². The quantitative estimate of drug-likeness (QED) is 0.337. The zero-order valence-electron chi connectivity index (χ0n) is 19.5. The number of alkyl halides is 3. The van der Waals surface area contributed by atoms with Gasteiger partial charge in [-0.3, -0.25) is 0 Å². The van der Waals surface area contributed by atoms with E-state index < -0.39 is 34.6 Å². The van der Waals surface area contributed by atoms with E-state index in [9.17, 15) is 13.2 Å². The highest BCUT2D eigenvalue weighted by atomic mass is 28.4. The summed E-state index contributed by atoms with van der Waals surface area (Å²) in [5.74, 6) is 0. The van der Waals surface area contributed by atoms with Crippen LogP contribution in [0.25, 0.3) is 6.08 Å². The molecule has 0 aromatic heterocycles. The molecule has 29 heavy (non-hydrogen) atoms. The molecule has 0 bridgehead atoms. The fraction of sp³-hybridized carbons (Fsp3) is 0.652. The Balaban J connectivity index is 3.03. The molecular weight excluding hydrogens is 405 g/mol. The van der Waals surface area contributed by atoms with Crippen LogP contribution in [0.3, 0.4) is 0 Å². The third-order valence-electron chi connectivity index (χ3n) is 5.19. The minimum atomic E-state index is -4.12. The number of hydrogen-bond acceptors (Lipinski definition) is 1. The maximum Gasteiger partial charge on any atom is 0.389 e. The van der Waals surface area contributed by atoms with Crippen molar-refractivity contribution in [2.24, 2.45) is 5.41 Å². The normalized spacial score (nSPS) is 15.8. The van der Waals surface area contributed by atoms with Gasteiger partial charge in [0.25, 0.3) is 0 Å². The summed E-state index contributed by atoms with van der Waals surface area (Å²) in [6.07, 6.45) is -2.25. The third kappa shape index (κ3) is 9.66. The van der Waals surface area contributed by atoms with Gasteiger partial charge in [-0.05, 0) is 55.9 Å². The van der Waals surface area contributed by atoms with Crippen LogP contribution in [0.1, 0.15) is 45.6 Å². The van der Waals surface area contributed by atoms with Crippen molar-refractivity contribution in [3.63, 3.8) is 0 Å². The molecule has 0 saturated carbocycles. The molecule has 1 unspecified atom stereocenters. The Morgan fingerprint density at radius 1 is 0.931 bits per heavy atom. The molecule has 6 heteroatoms. The highest BCUT2D eigenvalue weighted by Crippen LogP contribution is 2.44. The van der Waals surface area contributed by atoms with Crippen LogP contribution in [0.15, 0.2) is 30.8 Å². The highest BCUT2D eigenvalue weighted by Gasteiger charge is 2.42. The van der Waals surface area contributed by atoms with Crippen LogP contribution < -0.4 is 5.19 Å². The van der Waals surface area contributed by atoms with Gasteiger partial charge >= 0.3 is 6.18 Å². The van der Waals surface area contributed by atoms with Crippen molar-refractivity contribution in [1.29, 1.82) is 0 Å². The van der Waals surface area contributed by atoms with Crippen molar-refractivity contribution < 1.29 is 17.6 Å². The highest BCUT2D eigenvalue weighted by molar-refractivity contribution is 6.84. The van der Waals surface area contributed by atoms with Gasteiger partial charge in [0, 0.05) is 14.5 Å². The van der Waals surface area contributed by atoms with E-state index in [1.165, 1.54) is 5.19 Å². The van der Waals surface area contributed by atoms with Crippen LogP contribution in [0.4, 0.5) is 13.2 Å². The van der Waals surface area contributed by atoms with Crippen molar-refractivity contribution in [2.75, 3.05) is 0 Å². The summed E-state index contributed by atoms with van der Waals surface area (Å²) in [5, 5.41) is 1.18. The minimum absolute atomic E-state index is 0.156. The first-order chi connectivity index (χ1) is 12.9. The monoisotopic (exact) mass is 444 g/mol. The summed E-state index contributed by atoms with van der Waals surface area (Å²) in [5.41, 5.74) is 0.181. The maximum atomic E-state index is 13.0. The number of halogens is 3. The predicted octanol–water partition coefficient (Wildman–Crippen LogP) is 7.61. The fourth-order valence-electron chi connectivity index (χ4n) is 4.80. The van der Waals surface area contributed by atoms with Gasteiger partial charge in [0.15, 0.2) is 0 Å². The average Bonchev–Trinajstić information content (AvgIpc) is 2.49. The molecule has 1 aromatic carbocycles. The first kappa shape index (κ1) is 26.2. The van der Waals surface area contributed by atoms with Gasteiger partial charge in [-0.15, -0.1) is 0 Å². The first-order valence-electron chi connectivity index (χ1n) is 10.4. The second-order valence-corrected chi connectivity index (χ2v) is 20.3. The van der Waals surface area contributed by atoms with Crippen molar-refractivity contribution in [3.05, 3.63) is 36.4 Å². The van der Waals surface area contributed by atoms with Crippen LogP contribution >= 0.6 is 0 Å². The summed E-state index contributed by atoms with van der Waals surface area (Å²) in [6, 6.07) is 9.10. The number of rotatable bonds is 10. The molecule has 1 aromatic rings. The molecule has 0 N–H and O–H groups in total. The van der Waals surface area contributed by atoms with Gasteiger partial charge in [0.05, 0.1) is 5.60 Å². The lowest BCUT2D eigenvalue weighted by Gasteiger charge is -2.44. The van der Waals surface area contributed by atoms with Crippen molar-refractivity contribution in [2.45, 2.75) is 90.6 Å².